The maximum absolute atomic E-state index is 6.44. The molecular formula is C14H12BrCl. The first-order chi connectivity index (χ1) is 7.79. The summed E-state index contributed by atoms with van der Waals surface area (Å²) < 4.78 is 0. The average Bonchev–Trinajstić information content (AvgIpc) is 2.39. The van der Waals surface area contributed by atoms with Gasteiger partial charge in [0.05, 0.1) is 10.2 Å². The minimum atomic E-state index is -0.0522. The Morgan fingerprint density at radius 2 is 1.19 bits per heavy atom. The van der Waals surface area contributed by atoms with E-state index in [0.29, 0.717) is 0 Å². The maximum Gasteiger partial charge on any atom is 0.0751 e. The van der Waals surface area contributed by atoms with Crippen LogP contribution < -0.4 is 0 Å². The molecule has 0 nitrogen and oxygen atoms in total. The predicted molar refractivity (Wildman–Crippen MR) is 73.1 cm³/mol. The summed E-state index contributed by atoms with van der Waals surface area (Å²) in [5.74, 6) is 0. The van der Waals surface area contributed by atoms with Crippen molar-refractivity contribution in [1.29, 1.82) is 0 Å². The van der Waals surface area contributed by atoms with Crippen LogP contribution in [0.25, 0.3) is 0 Å². The van der Waals surface area contributed by atoms with Gasteiger partial charge in [-0.2, -0.15) is 0 Å². The second-order valence-corrected chi connectivity index (χ2v) is 5.08. The third kappa shape index (κ3) is 2.66. The molecule has 0 saturated carbocycles. The monoisotopic (exact) mass is 294 g/mol. The predicted octanol–water partition coefficient (Wildman–Crippen LogP) is 5.10. The van der Waals surface area contributed by atoms with Crippen molar-refractivity contribution in [1.82, 2.24) is 0 Å². The van der Waals surface area contributed by atoms with E-state index in [0.717, 1.165) is 5.56 Å². The SMILES string of the molecule is Cl[C@@H](c1ccccc1)[C@H](Br)c1ccccc1. The molecule has 0 saturated heterocycles. The fourth-order valence-corrected chi connectivity index (χ4v) is 2.51. The van der Waals surface area contributed by atoms with Crippen LogP contribution in [0.15, 0.2) is 60.7 Å². The van der Waals surface area contributed by atoms with Crippen LogP contribution in [0.3, 0.4) is 0 Å². The van der Waals surface area contributed by atoms with Crippen LogP contribution in [0.4, 0.5) is 0 Å². The van der Waals surface area contributed by atoms with Gasteiger partial charge in [-0.1, -0.05) is 76.6 Å². The van der Waals surface area contributed by atoms with E-state index in [4.69, 9.17) is 11.6 Å². The first-order valence-corrected chi connectivity index (χ1v) is 6.52. The van der Waals surface area contributed by atoms with Crippen LogP contribution in [-0.4, -0.2) is 0 Å². The van der Waals surface area contributed by atoms with Crippen molar-refractivity contribution in [2.75, 3.05) is 0 Å². The molecule has 2 heteroatoms. The van der Waals surface area contributed by atoms with Gasteiger partial charge in [0.15, 0.2) is 0 Å². The Hall–Kier alpha value is -0.790. The molecule has 0 radical (unpaired) electrons. The highest BCUT2D eigenvalue weighted by Gasteiger charge is 2.19. The number of hydrogen-bond acceptors (Lipinski definition) is 0. The van der Waals surface area contributed by atoms with Gasteiger partial charge in [0.2, 0.25) is 0 Å². The van der Waals surface area contributed by atoms with Gasteiger partial charge in [-0.25, -0.2) is 0 Å². The Kier molecular flexibility index (Phi) is 4.03. The highest BCUT2D eigenvalue weighted by Crippen LogP contribution is 2.40. The molecule has 0 aromatic heterocycles. The van der Waals surface area contributed by atoms with Gasteiger partial charge in [0, 0.05) is 0 Å². The van der Waals surface area contributed by atoms with E-state index in [1.165, 1.54) is 5.56 Å². The Morgan fingerprint density at radius 3 is 1.69 bits per heavy atom. The normalized spacial score (nSPS) is 14.4. The van der Waals surface area contributed by atoms with Crippen molar-refractivity contribution in [3.8, 4) is 0 Å². The largest absolute Gasteiger partial charge is 0.116 e. The lowest BCUT2D eigenvalue weighted by molar-refractivity contribution is 0.909. The van der Waals surface area contributed by atoms with E-state index < -0.39 is 0 Å². The number of rotatable bonds is 3. The van der Waals surface area contributed by atoms with Crippen LogP contribution >= 0.6 is 27.5 Å². The Bertz CT molecular complexity index is 384. The Labute approximate surface area is 109 Å². The molecule has 0 aliphatic rings. The zero-order chi connectivity index (χ0) is 11.4. The third-order valence-corrected chi connectivity index (χ3v) is 4.36. The quantitative estimate of drug-likeness (QED) is 0.691. The van der Waals surface area contributed by atoms with Crippen molar-refractivity contribution < 1.29 is 0 Å². The molecule has 2 rings (SSSR count). The summed E-state index contributed by atoms with van der Waals surface area (Å²) in [5, 5.41) is -0.0522. The van der Waals surface area contributed by atoms with Gasteiger partial charge < -0.3 is 0 Å². The molecule has 0 heterocycles. The molecule has 0 amide bonds. The maximum atomic E-state index is 6.44. The van der Waals surface area contributed by atoms with Gasteiger partial charge in [0.1, 0.15) is 0 Å². The summed E-state index contributed by atoms with van der Waals surface area (Å²) in [5.41, 5.74) is 2.33. The van der Waals surface area contributed by atoms with Crippen LogP contribution in [0.1, 0.15) is 21.3 Å². The molecule has 0 fully saturated rings. The van der Waals surface area contributed by atoms with E-state index >= 15 is 0 Å². The van der Waals surface area contributed by atoms with Crippen LogP contribution in [0.5, 0.6) is 0 Å². The number of halogens is 2. The topological polar surface area (TPSA) is 0 Å². The average molecular weight is 296 g/mol. The van der Waals surface area contributed by atoms with E-state index in [-0.39, 0.29) is 10.2 Å². The summed E-state index contributed by atoms with van der Waals surface area (Å²) in [4.78, 5) is 0.137. The van der Waals surface area contributed by atoms with Crippen molar-refractivity contribution in [3.05, 3.63) is 71.8 Å². The van der Waals surface area contributed by atoms with E-state index in [9.17, 15) is 0 Å². The summed E-state index contributed by atoms with van der Waals surface area (Å²) in [6.07, 6.45) is 0. The van der Waals surface area contributed by atoms with Gasteiger partial charge >= 0.3 is 0 Å². The molecule has 0 N–H and O–H groups in total. The van der Waals surface area contributed by atoms with Gasteiger partial charge in [-0.3, -0.25) is 0 Å². The zero-order valence-electron chi connectivity index (χ0n) is 8.68. The second kappa shape index (κ2) is 5.51. The van der Waals surface area contributed by atoms with Crippen molar-refractivity contribution in [3.63, 3.8) is 0 Å². The van der Waals surface area contributed by atoms with Crippen molar-refractivity contribution in [2.24, 2.45) is 0 Å². The summed E-state index contributed by atoms with van der Waals surface area (Å²) >= 11 is 10.1. The molecule has 2 atom stereocenters. The first kappa shape index (κ1) is 11.7. The molecule has 0 aliphatic heterocycles. The number of alkyl halides is 2. The van der Waals surface area contributed by atoms with Gasteiger partial charge in [-0.05, 0) is 11.1 Å². The number of hydrogen-bond donors (Lipinski definition) is 0. The zero-order valence-corrected chi connectivity index (χ0v) is 11.0. The molecule has 0 aliphatic carbocycles. The molecule has 2 aromatic rings. The highest BCUT2D eigenvalue weighted by atomic mass is 79.9. The molecule has 0 bridgehead atoms. The molecule has 82 valence electrons. The Morgan fingerprint density at radius 1 is 0.750 bits per heavy atom. The number of benzene rings is 2. The first-order valence-electron chi connectivity index (χ1n) is 5.17. The summed E-state index contributed by atoms with van der Waals surface area (Å²) in [6.45, 7) is 0. The van der Waals surface area contributed by atoms with Crippen molar-refractivity contribution in [2.45, 2.75) is 10.2 Å². The van der Waals surface area contributed by atoms with Gasteiger partial charge in [-0.15, -0.1) is 11.6 Å². The minimum Gasteiger partial charge on any atom is -0.116 e. The standard InChI is InChI=1S/C14H12BrCl/c15-13(11-7-3-1-4-8-11)14(16)12-9-5-2-6-10-12/h1-10,13-14H/t13-,14+/m1/s1. The second-order valence-electron chi connectivity index (χ2n) is 3.62. The lowest BCUT2D eigenvalue weighted by atomic mass is 10.0. The summed E-state index contributed by atoms with van der Waals surface area (Å²) in [6, 6.07) is 20.3. The minimum absolute atomic E-state index is 0.0522. The molecule has 16 heavy (non-hydrogen) atoms. The van der Waals surface area contributed by atoms with E-state index in [2.05, 4.69) is 40.2 Å². The lowest BCUT2D eigenvalue weighted by Gasteiger charge is -2.17. The molecule has 0 spiro atoms. The van der Waals surface area contributed by atoms with Crippen molar-refractivity contribution >= 4 is 27.5 Å². The molecule has 0 unspecified atom stereocenters. The Balaban J connectivity index is 2.20. The van der Waals surface area contributed by atoms with Crippen LogP contribution in [0, 0.1) is 0 Å². The van der Waals surface area contributed by atoms with Crippen LogP contribution in [0.2, 0.25) is 0 Å². The smallest absolute Gasteiger partial charge is 0.0751 e. The van der Waals surface area contributed by atoms with E-state index in [1.54, 1.807) is 0 Å². The molecule has 2 aromatic carbocycles. The fraction of sp³-hybridized carbons (Fsp3) is 0.143. The fourth-order valence-electron chi connectivity index (χ4n) is 1.61. The highest BCUT2D eigenvalue weighted by molar-refractivity contribution is 9.09. The van der Waals surface area contributed by atoms with E-state index in [1.807, 2.05) is 36.4 Å². The lowest BCUT2D eigenvalue weighted by Crippen LogP contribution is -1.99. The molecular weight excluding hydrogens is 284 g/mol. The summed E-state index contributed by atoms with van der Waals surface area (Å²) in [7, 11) is 0. The van der Waals surface area contributed by atoms with Crippen LogP contribution in [-0.2, 0) is 0 Å². The van der Waals surface area contributed by atoms with Gasteiger partial charge in [0.25, 0.3) is 0 Å². The third-order valence-electron chi connectivity index (χ3n) is 2.49.